The molecule has 0 fully saturated rings. The van der Waals surface area contributed by atoms with Crippen LogP contribution in [0.5, 0.6) is 0 Å². The maximum atomic E-state index is 5.43. The van der Waals surface area contributed by atoms with E-state index in [-0.39, 0.29) is 0 Å². The highest BCUT2D eigenvalue weighted by Crippen LogP contribution is 2.20. The summed E-state index contributed by atoms with van der Waals surface area (Å²) < 4.78 is 13.5. The average molecular weight is 372 g/mol. The van der Waals surface area contributed by atoms with Crippen LogP contribution in [0.15, 0.2) is 36.7 Å². The second kappa shape index (κ2) is 7.62. The number of hydrogen-bond donors (Lipinski definition) is 0. The highest BCUT2D eigenvalue weighted by molar-refractivity contribution is 14.1. The van der Waals surface area contributed by atoms with E-state index in [4.69, 9.17) is 9.47 Å². The molecule has 0 saturated carbocycles. The summed E-state index contributed by atoms with van der Waals surface area (Å²) in [7, 11) is 1.67. The van der Waals surface area contributed by atoms with E-state index in [1.807, 2.05) is 17.1 Å². The minimum absolute atomic E-state index is 0.626. The third kappa shape index (κ3) is 4.59. The lowest BCUT2D eigenvalue weighted by molar-refractivity contribution is 0.0654. The molecule has 0 aliphatic rings. The van der Waals surface area contributed by atoms with Gasteiger partial charge in [-0.1, -0.05) is 12.1 Å². The molecule has 0 aliphatic carbocycles. The van der Waals surface area contributed by atoms with Crippen LogP contribution in [0.4, 0.5) is 0 Å². The van der Waals surface area contributed by atoms with Crippen molar-refractivity contribution in [1.82, 2.24) is 9.78 Å². The molecule has 0 atom stereocenters. The molecular weight excluding hydrogens is 355 g/mol. The third-order valence-electron chi connectivity index (χ3n) is 2.69. The molecule has 19 heavy (non-hydrogen) atoms. The topological polar surface area (TPSA) is 36.3 Å². The van der Waals surface area contributed by atoms with Crippen LogP contribution in [0.25, 0.3) is 11.1 Å². The lowest BCUT2D eigenvalue weighted by Gasteiger charge is -2.03. The first kappa shape index (κ1) is 14.5. The molecule has 2 rings (SSSR count). The molecule has 1 aromatic carbocycles. The van der Waals surface area contributed by atoms with Crippen molar-refractivity contribution >= 4 is 22.6 Å². The number of rotatable bonds is 7. The molecule has 1 heterocycles. The van der Waals surface area contributed by atoms with Crippen LogP contribution in [-0.4, -0.2) is 36.7 Å². The van der Waals surface area contributed by atoms with Crippen molar-refractivity contribution in [2.75, 3.05) is 26.9 Å². The first-order chi connectivity index (χ1) is 9.29. The minimum Gasteiger partial charge on any atom is -0.382 e. The summed E-state index contributed by atoms with van der Waals surface area (Å²) in [5.74, 6) is 0. The molecular formula is C14H17IN2O2. The number of aromatic nitrogens is 2. The molecule has 0 aliphatic heterocycles. The summed E-state index contributed by atoms with van der Waals surface area (Å²) in [5.41, 5.74) is 2.33. The fraction of sp³-hybridized carbons (Fsp3) is 0.357. The van der Waals surface area contributed by atoms with E-state index in [0.29, 0.717) is 19.8 Å². The van der Waals surface area contributed by atoms with Gasteiger partial charge in [-0.25, -0.2) is 0 Å². The normalized spacial score (nSPS) is 10.8. The van der Waals surface area contributed by atoms with Gasteiger partial charge in [-0.05, 0) is 40.3 Å². The van der Waals surface area contributed by atoms with Crippen LogP contribution in [0.3, 0.4) is 0 Å². The van der Waals surface area contributed by atoms with Gasteiger partial charge in [0.2, 0.25) is 0 Å². The SMILES string of the molecule is COCCOCCn1cc(-c2cccc(I)c2)cn1. The van der Waals surface area contributed by atoms with Gasteiger partial charge in [0.1, 0.15) is 0 Å². The van der Waals surface area contributed by atoms with E-state index in [1.165, 1.54) is 9.13 Å². The number of nitrogens with zero attached hydrogens (tertiary/aromatic N) is 2. The van der Waals surface area contributed by atoms with Crippen LogP contribution < -0.4 is 0 Å². The van der Waals surface area contributed by atoms with Crippen molar-refractivity contribution in [1.29, 1.82) is 0 Å². The molecule has 5 heteroatoms. The molecule has 4 nitrogen and oxygen atoms in total. The van der Waals surface area contributed by atoms with Gasteiger partial charge in [-0.15, -0.1) is 0 Å². The number of ether oxygens (including phenoxy) is 2. The Kier molecular flexibility index (Phi) is 5.81. The molecule has 0 bridgehead atoms. The zero-order chi connectivity index (χ0) is 13.5. The number of halogens is 1. The second-order valence-corrected chi connectivity index (χ2v) is 5.35. The van der Waals surface area contributed by atoms with Crippen molar-refractivity contribution in [3.05, 3.63) is 40.2 Å². The van der Waals surface area contributed by atoms with Crippen LogP contribution >= 0.6 is 22.6 Å². The van der Waals surface area contributed by atoms with Gasteiger partial charge in [-0.2, -0.15) is 5.10 Å². The van der Waals surface area contributed by atoms with Gasteiger partial charge in [0.15, 0.2) is 0 Å². The lowest BCUT2D eigenvalue weighted by atomic mass is 10.1. The monoisotopic (exact) mass is 372 g/mol. The fourth-order valence-corrected chi connectivity index (χ4v) is 2.25. The maximum absolute atomic E-state index is 5.43. The lowest BCUT2D eigenvalue weighted by Crippen LogP contribution is -2.09. The average Bonchev–Trinajstić information content (AvgIpc) is 2.87. The smallest absolute Gasteiger partial charge is 0.0701 e. The van der Waals surface area contributed by atoms with Crippen LogP contribution in [-0.2, 0) is 16.0 Å². The second-order valence-electron chi connectivity index (χ2n) is 4.11. The third-order valence-corrected chi connectivity index (χ3v) is 3.36. The van der Waals surface area contributed by atoms with Crippen LogP contribution in [0, 0.1) is 3.57 Å². The molecule has 0 spiro atoms. The predicted octanol–water partition coefficient (Wildman–Crippen LogP) is 2.82. The molecule has 0 saturated heterocycles. The zero-order valence-corrected chi connectivity index (χ0v) is 13.0. The Morgan fingerprint density at radius 1 is 1.21 bits per heavy atom. The van der Waals surface area contributed by atoms with Crippen molar-refractivity contribution in [3.8, 4) is 11.1 Å². The largest absolute Gasteiger partial charge is 0.382 e. The molecule has 0 unspecified atom stereocenters. The number of benzene rings is 1. The van der Waals surface area contributed by atoms with E-state index in [2.05, 4.69) is 52.0 Å². The summed E-state index contributed by atoms with van der Waals surface area (Å²) in [6.07, 6.45) is 3.94. The fourth-order valence-electron chi connectivity index (χ4n) is 1.71. The van der Waals surface area contributed by atoms with Gasteiger partial charge in [0.05, 0.1) is 32.6 Å². The van der Waals surface area contributed by atoms with E-state index in [9.17, 15) is 0 Å². The molecule has 0 radical (unpaired) electrons. The standard InChI is InChI=1S/C14H17IN2O2/c1-18-7-8-19-6-5-17-11-13(10-16-17)12-3-2-4-14(15)9-12/h2-4,9-11H,5-8H2,1H3. The first-order valence-electron chi connectivity index (χ1n) is 6.14. The summed E-state index contributed by atoms with van der Waals surface area (Å²) >= 11 is 2.32. The van der Waals surface area contributed by atoms with E-state index >= 15 is 0 Å². The van der Waals surface area contributed by atoms with Crippen molar-refractivity contribution in [2.24, 2.45) is 0 Å². The Morgan fingerprint density at radius 2 is 2.11 bits per heavy atom. The van der Waals surface area contributed by atoms with Gasteiger partial charge < -0.3 is 9.47 Å². The Morgan fingerprint density at radius 3 is 2.89 bits per heavy atom. The number of methoxy groups -OCH3 is 1. The molecule has 102 valence electrons. The summed E-state index contributed by atoms with van der Waals surface area (Å²) in [5, 5.41) is 4.34. The van der Waals surface area contributed by atoms with E-state index in [0.717, 1.165) is 12.1 Å². The summed E-state index contributed by atoms with van der Waals surface area (Å²) in [6, 6.07) is 8.38. The maximum Gasteiger partial charge on any atom is 0.0701 e. The highest BCUT2D eigenvalue weighted by atomic mass is 127. The van der Waals surface area contributed by atoms with Crippen LogP contribution in [0.2, 0.25) is 0 Å². The Bertz CT molecular complexity index is 514. The zero-order valence-electron chi connectivity index (χ0n) is 10.9. The quantitative estimate of drug-likeness (QED) is 0.554. The predicted molar refractivity (Wildman–Crippen MR) is 83.1 cm³/mol. The molecule has 1 aromatic heterocycles. The molecule has 2 aromatic rings. The van der Waals surface area contributed by atoms with E-state index < -0.39 is 0 Å². The van der Waals surface area contributed by atoms with Crippen molar-refractivity contribution in [3.63, 3.8) is 0 Å². The Labute approximate surface area is 126 Å². The molecule has 0 N–H and O–H groups in total. The Balaban J connectivity index is 1.88. The Hall–Kier alpha value is -0.920. The van der Waals surface area contributed by atoms with Crippen molar-refractivity contribution < 1.29 is 9.47 Å². The highest BCUT2D eigenvalue weighted by Gasteiger charge is 2.02. The van der Waals surface area contributed by atoms with Crippen molar-refractivity contribution in [2.45, 2.75) is 6.54 Å². The summed E-state index contributed by atoms with van der Waals surface area (Å²) in [4.78, 5) is 0. The van der Waals surface area contributed by atoms with Gasteiger partial charge in [0.25, 0.3) is 0 Å². The number of hydrogen-bond acceptors (Lipinski definition) is 3. The molecule has 0 amide bonds. The van der Waals surface area contributed by atoms with Crippen LogP contribution in [0.1, 0.15) is 0 Å². The van der Waals surface area contributed by atoms with Gasteiger partial charge in [0, 0.05) is 22.4 Å². The van der Waals surface area contributed by atoms with Gasteiger partial charge >= 0.3 is 0 Å². The summed E-state index contributed by atoms with van der Waals surface area (Å²) in [6.45, 7) is 2.67. The van der Waals surface area contributed by atoms with E-state index in [1.54, 1.807) is 7.11 Å². The minimum atomic E-state index is 0.626. The van der Waals surface area contributed by atoms with Gasteiger partial charge in [-0.3, -0.25) is 4.68 Å². The first-order valence-corrected chi connectivity index (χ1v) is 7.22.